The fourth-order valence-electron chi connectivity index (χ4n) is 3.47. The maximum absolute atomic E-state index is 10.5. The number of aromatic hydroxyl groups is 1. The van der Waals surface area contributed by atoms with Gasteiger partial charge in [-0.15, -0.1) is 0 Å². The molecule has 0 radical (unpaired) electrons. The smallest absolute Gasteiger partial charge is 0.202 e. The Bertz CT molecular complexity index is 1100. The molecule has 2 heterocycles. The fourth-order valence-corrected chi connectivity index (χ4v) is 3.47. The minimum Gasteiger partial charge on any atom is -0.494 e. The topological polar surface area (TPSA) is 64.1 Å². The Morgan fingerprint density at radius 1 is 1.16 bits per heavy atom. The van der Waals surface area contributed by atoms with Crippen LogP contribution in [0.25, 0.3) is 32.9 Å². The number of nitrogens with two attached hydrogens (primary N) is 1. The molecule has 0 aliphatic heterocycles. The summed E-state index contributed by atoms with van der Waals surface area (Å²) in [5.41, 5.74) is 12.0. The van der Waals surface area contributed by atoms with Gasteiger partial charge in [0.05, 0.1) is 22.1 Å². The summed E-state index contributed by atoms with van der Waals surface area (Å²) in [6.07, 6.45) is 2.82. The average Bonchev–Trinajstić information content (AvgIpc) is 2.91. The molecular formula is C21H21N3O. The van der Waals surface area contributed by atoms with Crippen molar-refractivity contribution < 1.29 is 5.11 Å². The molecule has 4 heteroatoms. The zero-order valence-corrected chi connectivity index (χ0v) is 14.5. The van der Waals surface area contributed by atoms with Crippen molar-refractivity contribution in [2.75, 3.05) is 5.73 Å². The van der Waals surface area contributed by atoms with Crippen LogP contribution < -0.4 is 5.73 Å². The van der Waals surface area contributed by atoms with Gasteiger partial charge in [0.25, 0.3) is 0 Å². The van der Waals surface area contributed by atoms with Crippen molar-refractivity contribution in [3.05, 3.63) is 54.2 Å². The molecule has 126 valence electrons. The van der Waals surface area contributed by atoms with Crippen LogP contribution in [0, 0.1) is 6.92 Å². The van der Waals surface area contributed by atoms with Crippen molar-refractivity contribution >= 4 is 27.5 Å². The minimum absolute atomic E-state index is 0.199. The van der Waals surface area contributed by atoms with Crippen LogP contribution in [0.3, 0.4) is 0 Å². The summed E-state index contributed by atoms with van der Waals surface area (Å²) in [6, 6.07) is 14.4. The third-order valence-electron chi connectivity index (χ3n) is 4.65. The first kappa shape index (κ1) is 15.5. The number of aryl methyl sites for hydroxylation is 2. The second-order valence-electron chi connectivity index (χ2n) is 6.50. The molecule has 2 aromatic carbocycles. The van der Waals surface area contributed by atoms with E-state index < -0.39 is 0 Å². The summed E-state index contributed by atoms with van der Waals surface area (Å²) in [5, 5.41) is 12.0. The molecule has 0 fully saturated rings. The van der Waals surface area contributed by atoms with E-state index in [0.29, 0.717) is 11.1 Å². The standard InChI is InChI=1S/C21H21N3O/c1-3-10-24-12-17-18(21(24)25)19(22)16-9-5-8-15(20(16)23-17)14-7-4-6-13(2)11-14/h4-9,11-12,25H,3,10,22H2,1-2H3. The third kappa shape index (κ3) is 2.41. The minimum atomic E-state index is 0.199. The maximum Gasteiger partial charge on any atom is 0.202 e. The van der Waals surface area contributed by atoms with E-state index in [1.165, 1.54) is 5.56 Å². The first-order chi connectivity index (χ1) is 12.1. The largest absolute Gasteiger partial charge is 0.494 e. The van der Waals surface area contributed by atoms with Gasteiger partial charge in [0.1, 0.15) is 0 Å². The lowest BCUT2D eigenvalue weighted by Gasteiger charge is -2.10. The summed E-state index contributed by atoms with van der Waals surface area (Å²) in [7, 11) is 0. The molecule has 0 spiro atoms. The van der Waals surface area contributed by atoms with Crippen LogP contribution in [-0.2, 0) is 6.54 Å². The SMILES string of the molecule is CCCn1cc2nc3c(-c4cccc(C)c4)cccc3c(N)c2c1O. The van der Waals surface area contributed by atoms with E-state index in [2.05, 4.69) is 44.2 Å². The number of rotatable bonds is 3. The normalized spacial score (nSPS) is 11.4. The second-order valence-corrected chi connectivity index (χ2v) is 6.50. The number of hydrogen-bond donors (Lipinski definition) is 2. The van der Waals surface area contributed by atoms with Gasteiger partial charge >= 0.3 is 0 Å². The molecule has 0 bridgehead atoms. The molecule has 0 atom stereocenters. The Morgan fingerprint density at radius 2 is 1.96 bits per heavy atom. The van der Waals surface area contributed by atoms with Crippen molar-refractivity contribution in [2.45, 2.75) is 26.8 Å². The molecule has 2 aromatic heterocycles. The van der Waals surface area contributed by atoms with E-state index in [0.717, 1.165) is 40.5 Å². The van der Waals surface area contributed by atoms with Gasteiger partial charge in [-0.3, -0.25) is 0 Å². The Kier molecular flexibility index (Phi) is 3.61. The summed E-state index contributed by atoms with van der Waals surface area (Å²) < 4.78 is 1.82. The summed E-state index contributed by atoms with van der Waals surface area (Å²) in [6.45, 7) is 4.90. The van der Waals surface area contributed by atoms with Crippen LogP contribution >= 0.6 is 0 Å². The van der Waals surface area contributed by atoms with Gasteiger partial charge < -0.3 is 15.4 Å². The predicted molar refractivity (Wildman–Crippen MR) is 104 cm³/mol. The van der Waals surface area contributed by atoms with E-state index in [-0.39, 0.29) is 5.88 Å². The number of aromatic nitrogens is 2. The molecule has 4 rings (SSSR count). The van der Waals surface area contributed by atoms with Crippen molar-refractivity contribution in [3.63, 3.8) is 0 Å². The monoisotopic (exact) mass is 331 g/mol. The van der Waals surface area contributed by atoms with E-state index in [1.807, 2.05) is 22.9 Å². The number of fused-ring (bicyclic) bond motifs is 2. The van der Waals surface area contributed by atoms with Crippen molar-refractivity contribution in [2.24, 2.45) is 0 Å². The van der Waals surface area contributed by atoms with E-state index in [4.69, 9.17) is 10.7 Å². The lowest BCUT2D eigenvalue weighted by Crippen LogP contribution is -1.94. The average molecular weight is 331 g/mol. The Labute approximate surface area is 146 Å². The van der Waals surface area contributed by atoms with Crippen LogP contribution in [0.15, 0.2) is 48.7 Å². The van der Waals surface area contributed by atoms with Gasteiger partial charge in [-0.1, -0.05) is 55.0 Å². The van der Waals surface area contributed by atoms with E-state index in [9.17, 15) is 5.11 Å². The highest BCUT2D eigenvalue weighted by atomic mass is 16.3. The summed E-state index contributed by atoms with van der Waals surface area (Å²) >= 11 is 0. The number of hydrogen-bond acceptors (Lipinski definition) is 3. The lowest BCUT2D eigenvalue weighted by molar-refractivity contribution is 0.421. The lowest BCUT2D eigenvalue weighted by atomic mass is 9.99. The molecule has 0 aliphatic carbocycles. The zero-order chi connectivity index (χ0) is 17.6. The number of nitrogen functional groups attached to an aromatic ring is 1. The van der Waals surface area contributed by atoms with Crippen LogP contribution in [0.5, 0.6) is 5.88 Å². The van der Waals surface area contributed by atoms with Gasteiger partial charge in [-0.2, -0.15) is 0 Å². The second kappa shape index (κ2) is 5.81. The van der Waals surface area contributed by atoms with E-state index >= 15 is 0 Å². The van der Waals surface area contributed by atoms with E-state index in [1.54, 1.807) is 0 Å². The van der Waals surface area contributed by atoms with Gasteiger partial charge in [0, 0.05) is 23.7 Å². The van der Waals surface area contributed by atoms with Crippen LogP contribution in [0.2, 0.25) is 0 Å². The number of nitrogens with zero attached hydrogens (tertiary/aromatic N) is 2. The molecular weight excluding hydrogens is 310 g/mol. The molecule has 4 aromatic rings. The molecule has 3 N–H and O–H groups in total. The molecule has 0 saturated heterocycles. The highest BCUT2D eigenvalue weighted by Crippen LogP contribution is 2.38. The first-order valence-electron chi connectivity index (χ1n) is 8.57. The highest BCUT2D eigenvalue weighted by Gasteiger charge is 2.17. The van der Waals surface area contributed by atoms with Crippen molar-refractivity contribution in [3.8, 4) is 17.0 Å². The Balaban J connectivity index is 2.06. The van der Waals surface area contributed by atoms with Gasteiger partial charge in [-0.25, -0.2) is 4.98 Å². The van der Waals surface area contributed by atoms with Gasteiger partial charge in [-0.05, 0) is 18.9 Å². The molecule has 4 nitrogen and oxygen atoms in total. The highest BCUT2D eigenvalue weighted by molar-refractivity contribution is 6.12. The van der Waals surface area contributed by atoms with Crippen LogP contribution in [0.1, 0.15) is 18.9 Å². The Hall–Kier alpha value is -3.01. The number of pyridine rings is 1. The summed E-state index contributed by atoms with van der Waals surface area (Å²) in [5.74, 6) is 0.199. The molecule has 0 aliphatic rings. The molecule has 0 amide bonds. The maximum atomic E-state index is 10.5. The van der Waals surface area contributed by atoms with Gasteiger partial charge in [0.15, 0.2) is 0 Å². The van der Waals surface area contributed by atoms with Crippen molar-refractivity contribution in [1.29, 1.82) is 0 Å². The fraction of sp³-hybridized carbons (Fsp3) is 0.190. The first-order valence-corrected chi connectivity index (χ1v) is 8.57. The molecule has 25 heavy (non-hydrogen) atoms. The Morgan fingerprint density at radius 3 is 2.72 bits per heavy atom. The molecule has 0 saturated carbocycles. The number of anilines is 1. The van der Waals surface area contributed by atoms with Gasteiger partial charge in [0.2, 0.25) is 5.88 Å². The molecule has 0 unspecified atom stereocenters. The van der Waals surface area contributed by atoms with Crippen LogP contribution in [-0.4, -0.2) is 14.7 Å². The number of para-hydroxylation sites is 1. The predicted octanol–water partition coefficient (Wildman–Crippen LogP) is 4.86. The zero-order valence-electron chi connectivity index (χ0n) is 14.5. The van der Waals surface area contributed by atoms with Crippen molar-refractivity contribution in [1.82, 2.24) is 9.55 Å². The quantitative estimate of drug-likeness (QED) is 0.563. The van der Waals surface area contributed by atoms with Crippen LogP contribution in [0.4, 0.5) is 5.69 Å². The third-order valence-corrected chi connectivity index (χ3v) is 4.65. The summed E-state index contributed by atoms with van der Waals surface area (Å²) in [4.78, 5) is 4.85. The number of benzene rings is 2.